The fourth-order valence-electron chi connectivity index (χ4n) is 2.01. The Labute approximate surface area is 131 Å². The minimum absolute atomic E-state index is 0.169. The summed E-state index contributed by atoms with van der Waals surface area (Å²) in [6, 6.07) is 11.1. The maximum Gasteiger partial charge on any atom is 0.253 e. The van der Waals surface area contributed by atoms with E-state index < -0.39 is 0 Å². The van der Waals surface area contributed by atoms with E-state index in [1.165, 1.54) is 24.3 Å². The second-order valence-corrected chi connectivity index (χ2v) is 5.54. The lowest BCUT2D eigenvalue weighted by molar-refractivity contribution is 0.0784. The van der Waals surface area contributed by atoms with Gasteiger partial charge in [-0.15, -0.1) is 0 Å². The van der Waals surface area contributed by atoms with Crippen LogP contribution in [0, 0.1) is 5.82 Å². The summed E-state index contributed by atoms with van der Waals surface area (Å²) in [4.78, 5) is 13.9. The molecule has 3 nitrogen and oxygen atoms in total. The molecule has 0 atom stereocenters. The molecule has 1 amide bonds. The Kier molecular flexibility index (Phi) is 4.96. The van der Waals surface area contributed by atoms with Crippen molar-refractivity contribution in [3.8, 4) is 5.75 Å². The van der Waals surface area contributed by atoms with Crippen LogP contribution in [0.1, 0.15) is 15.9 Å². The van der Waals surface area contributed by atoms with Crippen molar-refractivity contribution in [3.63, 3.8) is 0 Å². The monoisotopic (exact) mass is 351 g/mol. The minimum Gasteiger partial charge on any atom is -0.496 e. The van der Waals surface area contributed by atoms with Crippen LogP contribution in [-0.2, 0) is 6.54 Å². The van der Waals surface area contributed by atoms with Crippen LogP contribution in [0.25, 0.3) is 0 Å². The van der Waals surface area contributed by atoms with Gasteiger partial charge in [-0.1, -0.05) is 15.9 Å². The van der Waals surface area contributed by atoms with Crippen LogP contribution in [0.4, 0.5) is 4.39 Å². The van der Waals surface area contributed by atoms with Gasteiger partial charge in [-0.3, -0.25) is 4.79 Å². The predicted octanol–water partition coefficient (Wildman–Crippen LogP) is 3.87. The minimum atomic E-state index is -0.358. The molecule has 0 unspecified atom stereocenters. The van der Waals surface area contributed by atoms with Crippen LogP contribution in [0.3, 0.4) is 0 Å². The lowest BCUT2D eigenvalue weighted by Crippen LogP contribution is -2.26. The van der Waals surface area contributed by atoms with E-state index in [4.69, 9.17) is 4.74 Å². The molecular formula is C16H15BrFNO2. The van der Waals surface area contributed by atoms with Gasteiger partial charge in [0.05, 0.1) is 7.11 Å². The fourth-order valence-corrected chi connectivity index (χ4v) is 2.42. The maximum atomic E-state index is 12.9. The fraction of sp³-hybridized carbons (Fsp3) is 0.188. The molecule has 0 N–H and O–H groups in total. The zero-order valence-electron chi connectivity index (χ0n) is 11.8. The van der Waals surface area contributed by atoms with Gasteiger partial charge < -0.3 is 9.64 Å². The Hall–Kier alpha value is -1.88. The lowest BCUT2D eigenvalue weighted by atomic mass is 10.1. The van der Waals surface area contributed by atoms with Crippen molar-refractivity contribution in [3.05, 3.63) is 63.9 Å². The first-order valence-electron chi connectivity index (χ1n) is 6.34. The summed E-state index contributed by atoms with van der Waals surface area (Å²) in [5.41, 5.74) is 1.35. The normalized spacial score (nSPS) is 10.3. The number of carbonyl (C=O) groups is 1. The largest absolute Gasteiger partial charge is 0.496 e. The lowest BCUT2D eigenvalue weighted by Gasteiger charge is -2.19. The molecule has 5 heteroatoms. The molecule has 0 spiro atoms. The highest BCUT2D eigenvalue weighted by Crippen LogP contribution is 2.24. The Bertz CT molecular complexity index is 643. The predicted molar refractivity (Wildman–Crippen MR) is 82.9 cm³/mol. The van der Waals surface area contributed by atoms with Gasteiger partial charge in [0.15, 0.2) is 0 Å². The zero-order valence-corrected chi connectivity index (χ0v) is 13.4. The van der Waals surface area contributed by atoms with Gasteiger partial charge in [0.2, 0.25) is 0 Å². The molecule has 110 valence electrons. The molecule has 2 aromatic carbocycles. The van der Waals surface area contributed by atoms with E-state index in [1.54, 1.807) is 19.1 Å². The number of rotatable bonds is 4. The second-order valence-electron chi connectivity index (χ2n) is 4.62. The maximum absolute atomic E-state index is 12.9. The van der Waals surface area contributed by atoms with Gasteiger partial charge in [0.25, 0.3) is 5.91 Å². The second kappa shape index (κ2) is 6.72. The molecule has 0 heterocycles. The van der Waals surface area contributed by atoms with E-state index in [0.717, 1.165) is 15.8 Å². The van der Waals surface area contributed by atoms with E-state index in [-0.39, 0.29) is 11.7 Å². The van der Waals surface area contributed by atoms with E-state index >= 15 is 0 Å². The molecular weight excluding hydrogens is 337 g/mol. The number of hydrogen-bond donors (Lipinski definition) is 0. The van der Waals surface area contributed by atoms with Crippen LogP contribution in [0.2, 0.25) is 0 Å². The van der Waals surface area contributed by atoms with Crippen molar-refractivity contribution >= 4 is 21.8 Å². The van der Waals surface area contributed by atoms with Crippen molar-refractivity contribution in [2.45, 2.75) is 6.54 Å². The summed E-state index contributed by atoms with van der Waals surface area (Å²) < 4.78 is 19.1. The standard InChI is InChI=1S/C16H15BrFNO2/c1-19(16(20)11-3-6-14(18)7-4-11)10-12-9-13(17)5-8-15(12)21-2/h3-9H,10H2,1-2H3. The molecule has 0 saturated heterocycles. The number of ether oxygens (including phenoxy) is 1. The highest BCUT2D eigenvalue weighted by Gasteiger charge is 2.14. The molecule has 0 radical (unpaired) electrons. The highest BCUT2D eigenvalue weighted by atomic mass is 79.9. The third-order valence-electron chi connectivity index (χ3n) is 3.09. The molecule has 0 aliphatic heterocycles. The van der Waals surface area contributed by atoms with Crippen LogP contribution < -0.4 is 4.74 Å². The smallest absolute Gasteiger partial charge is 0.253 e. The summed E-state index contributed by atoms with van der Waals surface area (Å²) in [5, 5.41) is 0. The number of benzene rings is 2. The van der Waals surface area contributed by atoms with E-state index in [9.17, 15) is 9.18 Å². The van der Waals surface area contributed by atoms with Crippen molar-refractivity contribution in [1.82, 2.24) is 4.90 Å². The quantitative estimate of drug-likeness (QED) is 0.836. The van der Waals surface area contributed by atoms with Crippen molar-refractivity contribution in [1.29, 1.82) is 0 Å². The summed E-state index contributed by atoms with van der Waals surface area (Å²) in [5.74, 6) is 0.192. The number of hydrogen-bond acceptors (Lipinski definition) is 2. The van der Waals surface area contributed by atoms with Crippen LogP contribution in [0.5, 0.6) is 5.75 Å². The number of nitrogens with zero attached hydrogens (tertiary/aromatic N) is 1. The Morgan fingerprint density at radius 2 is 1.90 bits per heavy atom. The van der Waals surface area contributed by atoms with Gasteiger partial charge in [-0.25, -0.2) is 4.39 Å². The van der Waals surface area contributed by atoms with E-state index in [1.807, 2.05) is 18.2 Å². The molecule has 0 bridgehead atoms. The van der Waals surface area contributed by atoms with Crippen molar-refractivity contribution in [2.75, 3.05) is 14.2 Å². The third-order valence-corrected chi connectivity index (χ3v) is 3.58. The van der Waals surface area contributed by atoms with E-state index in [0.29, 0.717) is 12.1 Å². The van der Waals surface area contributed by atoms with Gasteiger partial charge in [-0.2, -0.15) is 0 Å². The number of amides is 1. The van der Waals surface area contributed by atoms with E-state index in [2.05, 4.69) is 15.9 Å². The summed E-state index contributed by atoms with van der Waals surface area (Å²) in [6.45, 7) is 0.402. The first-order valence-corrected chi connectivity index (χ1v) is 7.14. The topological polar surface area (TPSA) is 29.5 Å². The summed E-state index contributed by atoms with van der Waals surface area (Å²) >= 11 is 3.40. The molecule has 0 aromatic heterocycles. The van der Waals surface area contributed by atoms with Crippen molar-refractivity contribution in [2.24, 2.45) is 0 Å². The first kappa shape index (κ1) is 15.5. The Morgan fingerprint density at radius 3 is 2.52 bits per heavy atom. The van der Waals surface area contributed by atoms with Crippen molar-refractivity contribution < 1.29 is 13.9 Å². The summed E-state index contributed by atoms with van der Waals surface area (Å²) in [6.07, 6.45) is 0. The molecule has 2 rings (SSSR count). The van der Waals surface area contributed by atoms with Gasteiger partial charge in [0, 0.05) is 29.2 Å². The molecule has 21 heavy (non-hydrogen) atoms. The Balaban J connectivity index is 2.17. The molecule has 0 aliphatic rings. The first-order chi connectivity index (χ1) is 10.0. The average molecular weight is 352 g/mol. The molecule has 0 fully saturated rings. The number of halogens is 2. The van der Waals surface area contributed by atoms with Gasteiger partial charge in [0.1, 0.15) is 11.6 Å². The highest BCUT2D eigenvalue weighted by molar-refractivity contribution is 9.10. The van der Waals surface area contributed by atoms with Crippen LogP contribution in [0.15, 0.2) is 46.9 Å². The SMILES string of the molecule is COc1ccc(Br)cc1CN(C)C(=O)c1ccc(F)cc1. The Morgan fingerprint density at radius 1 is 1.24 bits per heavy atom. The zero-order chi connectivity index (χ0) is 15.4. The van der Waals surface area contributed by atoms with Gasteiger partial charge >= 0.3 is 0 Å². The van der Waals surface area contributed by atoms with Gasteiger partial charge in [-0.05, 0) is 42.5 Å². The van der Waals surface area contributed by atoms with Crippen LogP contribution in [-0.4, -0.2) is 25.0 Å². The van der Waals surface area contributed by atoms with Crippen LogP contribution >= 0.6 is 15.9 Å². The molecule has 0 aliphatic carbocycles. The molecule has 2 aromatic rings. The number of carbonyl (C=O) groups excluding carboxylic acids is 1. The molecule has 0 saturated carbocycles. The number of methoxy groups -OCH3 is 1. The average Bonchev–Trinajstić information content (AvgIpc) is 2.47. The summed E-state index contributed by atoms with van der Waals surface area (Å²) in [7, 11) is 3.29. The third kappa shape index (κ3) is 3.82.